The van der Waals surface area contributed by atoms with Gasteiger partial charge >= 0.3 is 6.18 Å². The minimum absolute atomic E-state index is 0.235. The molecule has 21 heavy (non-hydrogen) atoms. The van der Waals surface area contributed by atoms with E-state index in [9.17, 15) is 13.2 Å². The number of aryl methyl sites for hydroxylation is 1. The van der Waals surface area contributed by atoms with E-state index in [4.69, 9.17) is 5.73 Å². The highest BCUT2D eigenvalue weighted by molar-refractivity contribution is 5.87. The summed E-state index contributed by atoms with van der Waals surface area (Å²) in [5.41, 5.74) is 6.70. The van der Waals surface area contributed by atoms with Crippen molar-refractivity contribution in [1.29, 1.82) is 0 Å². The third-order valence-electron chi connectivity index (χ3n) is 3.55. The molecule has 116 valence electrons. The van der Waals surface area contributed by atoms with Gasteiger partial charge in [-0.3, -0.25) is 0 Å². The SMILES string of the molecule is CCCCCCCn1c(C(F)(F)F)nc2c(N)cccc21. The first-order valence-electron chi connectivity index (χ1n) is 7.27. The number of nitrogens with zero attached hydrogens (tertiary/aromatic N) is 2. The van der Waals surface area contributed by atoms with Crippen LogP contribution in [0.3, 0.4) is 0 Å². The van der Waals surface area contributed by atoms with Crippen molar-refractivity contribution in [3.05, 3.63) is 24.0 Å². The molecule has 3 nitrogen and oxygen atoms in total. The Labute approximate surface area is 122 Å². The quantitative estimate of drug-likeness (QED) is 0.625. The van der Waals surface area contributed by atoms with Crippen LogP contribution in [0.4, 0.5) is 18.9 Å². The average molecular weight is 299 g/mol. The Bertz CT molecular complexity index is 602. The number of halogens is 3. The number of alkyl halides is 3. The molecule has 0 radical (unpaired) electrons. The van der Waals surface area contributed by atoms with Crippen LogP contribution < -0.4 is 5.73 Å². The van der Waals surface area contributed by atoms with E-state index in [1.54, 1.807) is 18.2 Å². The first kappa shape index (κ1) is 15.7. The number of unbranched alkanes of at least 4 members (excludes halogenated alkanes) is 4. The number of imidazole rings is 1. The van der Waals surface area contributed by atoms with Gasteiger partial charge < -0.3 is 10.3 Å². The molecule has 0 atom stereocenters. The maximum absolute atomic E-state index is 13.1. The van der Waals surface area contributed by atoms with Crippen molar-refractivity contribution in [2.24, 2.45) is 0 Å². The maximum Gasteiger partial charge on any atom is 0.449 e. The summed E-state index contributed by atoms with van der Waals surface area (Å²) in [5.74, 6) is -0.856. The molecule has 0 aliphatic heterocycles. The molecule has 0 unspecified atom stereocenters. The zero-order valence-corrected chi connectivity index (χ0v) is 12.1. The normalized spacial score (nSPS) is 12.2. The molecule has 0 aliphatic carbocycles. The van der Waals surface area contributed by atoms with Crippen molar-refractivity contribution in [3.63, 3.8) is 0 Å². The Morgan fingerprint density at radius 3 is 2.52 bits per heavy atom. The first-order chi connectivity index (χ1) is 9.95. The second-order valence-electron chi connectivity index (χ2n) is 5.21. The number of aromatic nitrogens is 2. The molecule has 6 heteroatoms. The van der Waals surface area contributed by atoms with Crippen molar-refractivity contribution in [2.75, 3.05) is 5.73 Å². The van der Waals surface area contributed by atoms with Gasteiger partial charge in [-0.1, -0.05) is 38.7 Å². The zero-order valence-electron chi connectivity index (χ0n) is 12.1. The molecular formula is C15H20F3N3. The van der Waals surface area contributed by atoms with E-state index in [-0.39, 0.29) is 11.2 Å². The van der Waals surface area contributed by atoms with Gasteiger partial charge in [-0.05, 0) is 18.6 Å². The van der Waals surface area contributed by atoms with Gasteiger partial charge in [-0.2, -0.15) is 13.2 Å². The number of nitrogen functional groups attached to an aromatic ring is 1. The molecule has 0 amide bonds. The minimum Gasteiger partial charge on any atom is -0.397 e. The number of benzene rings is 1. The lowest BCUT2D eigenvalue weighted by atomic mass is 10.1. The predicted octanol–water partition coefficient (Wildman–Crippen LogP) is 4.61. The van der Waals surface area contributed by atoms with Gasteiger partial charge in [0.25, 0.3) is 0 Å². The van der Waals surface area contributed by atoms with E-state index in [0.717, 1.165) is 25.7 Å². The van der Waals surface area contributed by atoms with Gasteiger partial charge in [0.15, 0.2) is 0 Å². The molecule has 2 aromatic rings. The van der Waals surface area contributed by atoms with Crippen LogP contribution in [0.1, 0.15) is 44.9 Å². The molecule has 1 aromatic carbocycles. The summed E-state index contributed by atoms with van der Waals surface area (Å²) in [7, 11) is 0. The Morgan fingerprint density at radius 2 is 1.86 bits per heavy atom. The first-order valence-corrected chi connectivity index (χ1v) is 7.27. The second-order valence-corrected chi connectivity index (χ2v) is 5.21. The Kier molecular flexibility index (Phi) is 4.75. The number of rotatable bonds is 6. The summed E-state index contributed by atoms with van der Waals surface area (Å²) < 4.78 is 40.6. The molecule has 0 bridgehead atoms. The predicted molar refractivity (Wildman–Crippen MR) is 77.9 cm³/mol. The van der Waals surface area contributed by atoms with Crippen LogP contribution in [-0.2, 0) is 12.7 Å². The van der Waals surface area contributed by atoms with Gasteiger partial charge in [-0.15, -0.1) is 0 Å². The molecule has 1 aromatic heterocycles. The van der Waals surface area contributed by atoms with Crippen molar-refractivity contribution < 1.29 is 13.2 Å². The fourth-order valence-corrected chi connectivity index (χ4v) is 2.48. The third-order valence-corrected chi connectivity index (χ3v) is 3.55. The molecule has 2 N–H and O–H groups in total. The lowest BCUT2D eigenvalue weighted by molar-refractivity contribution is -0.146. The number of para-hydroxylation sites is 1. The van der Waals surface area contributed by atoms with Crippen molar-refractivity contribution >= 4 is 16.7 Å². The average Bonchev–Trinajstić information content (AvgIpc) is 2.79. The monoisotopic (exact) mass is 299 g/mol. The standard InChI is InChI=1S/C15H20F3N3/c1-2-3-4-5-6-10-21-12-9-7-8-11(19)13(12)20-14(21)15(16,17)18/h7-9H,2-6,10,19H2,1H3. The maximum atomic E-state index is 13.1. The zero-order chi connectivity index (χ0) is 15.5. The molecule has 0 fully saturated rings. The molecular weight excluding hydrogens is 279 g/mol. The fourth-order valence-electron chi connectivity index (χ4n) is 2.48. The summed E-state index contributed by atoms with van der Waals surface area (Å²) >= 11 is 0. The summed E-state index contributed by atoms with van der Waals surface area (Å²) in [4.78, 5) is 3.71. The van der Waals surface area contributed by atoms with Crippen molar-refractivity contribution in [3.8, 4) is 0 Å². The van der Waals surface area contributed by atoms with Crippen LogP contribution in [0.25, 0.3) is 11.0 Å². The van der Waals surface area contributed by atoms with Gasteiger partial charge in [-0.25, -0.2) is 4.98 Å². The van der Waals surface area contributed by atoms with E-state index >= 15 is 0 Å². The number of anilines is 1. The van der Waals surface area contributed by atoms with Crippen LogP contribution >= 0.6 is 0 Å². The molecule has 0 spiro atoms. The number of hydrogen-bond donors (Lipinski definition) is 1. The van der Waals surface area contributed by atoms with Crippen LogP contribution in [0, 0.1) is 0 Å². The Balaban J connectivity index is 2.28. The van der Waals surface area contributed by atoms with E-state index in [1.165, 1.54) is 4.57 Å². The lowest BCUT2D eigenvalue weighted by Crippen LogP contribution is -2.15. The van der Waals surface area contributed by atoms with Crippen molar-refractivity contribution in [1.82, 2.24) is 9.55 Å². The highest BCUT2D eigenvalue weighted by atomic mass is 19.4. The van der Waals surface area contributed by atoms with Gasteiger partial charge in [0.1, 0.15) is 5.52 Å². The summed E-state index contributed by atoms with van der Waals surface area (Å²) in [6, 6.07) is 4.87. The fraction of sp³-hybridized carbons (Fsp3) is 0.533. The third kappa shape index (κ3) is 3.49. The van der Waals surface area contributed by atoms with Crippen LogP contribution in [0.5, 0.6) is 0 Å². The topological polar surface area (TPSA) is 43.8 Å². The summed E-state index contributed by atoms with van der Waals surface area (Å²) in [6.45, 7) is 2.42. The minimum atomic E-state index is -4.46. The van der Waals surface area contributed by atoms with E-state index in [0.29, 0.717) is 18.5 Å². The van der Waals surface area contributed by atoms with Gasteiger partial charge in [0.05, 0.1) is 11.2 Å². The number of hydrogen-bond acceptors (Lipinski definition) is 2. The smallest absolute Gasteiger partial charge is 0.397 e. The van der Waals surface area contributed by atoms with E-state index in [1.807, 2.05) is 0 Å². The second kappa shape index (κ2) is 6.37. The molecule has 2 rings (SSSR count). The number of nitrogens with two attached hydrogens (primary N) is 1. The van der Waals surface area contributed by atoms with Gasteiger partial charge in [0.2, 0.25) is 5.82 Å². The summed E-state index contributed by atoms with van der Waals surface area (Å²) in [6.07, 6.45) is 0.445. The van der Waals surface area contributed by atoms with Crippen LogP contribution in [0.2, 0.25) is 0 Å². The van der Waals surface area contributed by atoms with Gasteiger partial charge in [0, 0.05) is 6.54 Å². The largest absolute Gasteiger partial charge is 0.449 e. The van der Waals surface area contributed by atoms with Crippen LogP contribution in [-0.4, -0.2) is 9.55 Å². The van der Waals surface area contributed by atoms with Crippen LogP contribution in [0.15, 0.2) is 18.2 Å². The number of fused-ring (bicyclic) bond motifs is 1. The van der Waals surface area contributed by atoms with E-state index < -0.39 is 12.0 Å². The van der Waals surface area contributed by atoms with E-state index in [2.05, 4.69) is 11.9 Å². The Morgan fingerprint density at radius 1 is 1.14 bits per heavy atom. The highest BCUT2D eigenvalue weighted by Crippen LogP contribution is 2.33. The van der Waals surface area contributed by atoms with Crippen molar-refractivity contribution in [2.45, 2.75) is 51.7 Å². The Hall–Kier alpha value is -1.72. The molecule has 0 saturated carbocycles. The summed E-state index contributed by atoms with van der Waals surface area (Å²) in [5, 5.41) is 0. The molecule has 0 aliphatic rings. The molecule has 0 saturated heterocycles. The highest BCUT2D eigenvalue weighted by Gasteiger charge is 2.37. The molecule has 1 heterocycles. The lowest BCUT2D eigenvalue weighted by Gasteiger charge is -2.11.